The second kappa shape index (κ2) is 7.66. The summed E-state index contributed by atoms with van der Waals surface area (Å²) in [5.74, 6) is 1.13. The van der Waals surface area contributed by atoms with Gasteiger partial charge in [-0.05, 0) is 38.8 Å². The van der Waals surface area contributed by atoms with Crippen molar-refractivity contribution in [2.45, 2.75) is 41.5 Å². The summed E-state index contributed by atoms with van der Waals surface area (Å²) in [7, 11) is 0. The highest BCUT2D eigenvalue weighted by atomic mass is 32.2. The Kier molecular flexibility index (Phi) is 6.18. The summed E-state index contributed by atoms with van der Waals surface area (Å²) in [6, 6.07) is 2.62. The molecule has 0 fully saturated rings. The maximum atomic E-state index is 4.66. The minimum absolute atomic E-state index is 0.450. The lowest BCUT2D eigenvalue weighted by molar-refractivity contribution is 0.726. The molecule has 2 rings (SSSR count). The molecule has 2 nitrogen and oxygen atoms in total. The molecule has 0 radical (unpaired) electrons. The molecular formula is C15H22N2S3. The minimum atomic E-state index is 0.450. The summed E-state index contributed by atoms with van der Waals surface area (Å²) in [6.07, 6.45) is 9.95. The second-order valence-corrected chi connectivity index (χ2v) is 7.78. The third-order valence-electron chi connectivity index (χ3n) is 3.36. The van der Waals surface area contributed by atoms with Crippen LogP contribution < -0.4 is 5.32 Å². The molecule has 1 N–H and O–H groups in total. The predicted octanol–water partition coefficient (Wildman–Crippen LogP) is 4.70. The van der Waals surface area contributed by atoms with Gasteiger partial charge in [0.25, 0.3) is 0 Å². The highest BCUT2D eigenvalue weighted by Gasteiger charge is 2.21. The van der Waals surface area contributed by atoms with Crippen molar-refractivity contribution in [3.63, 3.8) is 0 Å². The van der Waals surface area contributed by atoms with Crippen molar-refractivity contribution in [1.82, 2.24) is 4.98 Å². The molecule has 0 aliphatic carbocycles. The van der Waals surface area contributed by atoms with Crippen LogP contribution in [0, 0.1) is 6.92 Å². The maximum absolute atomic E-state index is 4.66. The lowest BCUT2D eigenvalue weighted by atomic mass is 10.1. The molecule has 110 valence electrons. The van der Waals surface area contributed by atoms with E-state index in [9.17, 15) is 0 Å². The lowest BCUT2D eigenvalue weighted by Crippen LogP contribution is -2.29. The first-order valence-electron chi connectivity index (χ1n) is 6.78. The van der Waals surface area contributed by atoms with Crippen molar-refractivity contribution in [2.24, 2.45) is 0 Å². The number of hydrogen-bond acceptors (Lipinski definition) is 5. The first kappa shape index (κ1) is 16.1. The number of aryl methyl sites for hydroxylation is 1. The molecule has 20 heavy (non-hydrogen) atoms. The minimum Gasteiger partial charge on any atom is -0.378 e. The standard InChI is InChI=1S/C15H22N2S3/c1-10-9-13(18-3)14(15(16-10)19-4)17-11(2)12-7-5-6-8-20-12/h5-6,9,11-12,17H,7-8H2,1-4H3/t11-,12?/m1/s1. The Labute approximate surface area is 135 Å². The number of nitrogens with zero attached hydrogens (tertiary/aromatic N) is 1. The van der Waals surface area contributed by atoms with Crippen LogP contribution >= 0.6 is 35.3 Å². The quantitative estimate of drug-likeness (QED) is 0.625. The van der Waals surface area contributed by atoms with Gasteiger partial charge in [0.05, 0.1) is 5.69 Å². The fraction of sp³-hybridized carbons (Fsp3) is 0.533. The molecular weight excluding hydrogens is 304 g/mol. The van der Waals surface area contributed by atoms with Gasteiger partial charge in [-0.2, -0.15) is 11.8 Å². The number of thioether (sulfide) groups is 3. The largest absolute Gasteiger partial charge is 0.378 e. The molecule has 2 heterocycles. The Morgan fingerprint density at radius 3 is 2.75 bits per heavy atom. The number of allylic oxidation sites excluding steroid dienone is 1. The van der Waals surface area contributed by atoms with E-state index >= 15 is 0 Å². The van der Waals surface area contributed by atoms with Gasteiger partial charge in [0.1, 0.15) is 5.03 Å². The molecule has 0 bridgehead atoms. The normalized spacial score (nSPS) is 19.9. The fourth-order valence-corrected chi connectivity index (χ4v) is 4.69. The van der Waals surface area contributed by atoms with Gasteiger partial charge in [-0.1, -0.05) is 12.2 Å². The van der Waals surface area contributed by atoms with Gasteiger partial charge >= 0.3 is 0 Å². The van der Waals surface area contributed by atoms with Crippen LogP contribution in [-0.4, -0.2) is 34.5 Å². The molecule has 0 saturated carbocycles. The van der Waals surface area contributed by atoms with Crippen LogP contribution in [0.5, 0.6) is 0 Å². The van der Waals surface area contributed by atoms with Crippen LogP contribution in [0.25, 0.3) is 0 Å². The van der Waals surface area contributed by atoms with Crippen molar-refractivity contribution < 1.29 is 0 Å². The molecule has 1 aromatic heterocycles. The van der Waals surface area contributed by atoms with E-state index in [0.29, 0.717) is 11.3 Å². The van der Waals surface area contributed by atoms with Gasteiger partial charge in [-0.3, -0.25) is 0 Å². The highest BCUT2D eigenvalue weighted by molar-refractivity contribution is 8.00. The maximum Gasteiger partial charge on any atom is 0.120 e. The molecule has 2 atom stereocenters. The number of hydrogen-bond donors (Lipinski definition) is 1. The van der Waals surface area contributed by atoms with Crippen LogP contribution in [0.2, 0.25) is 0 Å². The molecule has 0 saturated heterocycles. The molecule has 5 heteroatoms. The smallest absolute Gasteiger partial charge is 0.120 e. The zero-order valence-electron chi connectivity index (χ0n) is 12.5. The summed E-state index contributed by atoms with van der Waals surface area (Å²) >= 11 is 5.55. The molecule has 1 aliphatic rings. The number of anilines is 1. The molecule has 1 aliphatic heterocycles. The van der Waals surface area contributed by atoms with Gasteiger partial charge in [0.15, 0.2) is 0 Å². The summed E-state index contributed by atoms with van der Waals surface area (Å²) in [5.41, 5.74) is 2.30. The number of pyridine rings is 1. The monoisotopic (exact) mass is 326 g/mol. The molecule has 1 aromatic rings. The van der Waals surface area contributed by atoms with Crippen molar-refractivity contribution in [3.8, 4) is 0 Å². The summed E-state index contributed by atoms with van der Waals surface area (Å²) in [6.45, 7) is 4.35. The van der Waals surface area contributed by atoms with E-state index < -0.39 is 0 Å². The Bertz CT molecular complexity index is 463. The third kappa shape index (κ3) is 3.89. The van der Waals surface area contributed by atoms with E-state index in [2.05, 4.69) is 54.9 Å². The van der Waals surface area contributed by atoms with Crippen molar-refractivity contribution in [1.29, 1.82) is 0 Å². The lowest BCUT2D eigenvalue weighted by Gasteiger charge is -2.27. The van der Waals surface area contributed by atoms with E-state index in [1.807, 2.05) is 11.8 Å². The number of rotatable bonds is 5. The third-order valence-corrected chi connectivity index (χ3v) is 6.22. The van der Waals surface area contributed by atoms with Gasteiger partial charge in [0.2, 0.25) is 0 Å². The average Bonchev–Trinajstić information content (AvgIpc) is 2.49. The average molecular weight is 327 g/mol. The Hall–Kier alpha value is -0.260. The van der Waals surface area contributed by atoms with Crippen LogP contribution in [0.15, 0.2) is 28.1 Å². The Morgan fingerprint density at radius 2 is 2.15 bits per heavy atom. The van der Waals surface area contributed by atoms with Gasteiger partial charge < -0.3 is 5.32 Å². The molecule has 0 amide bonds. The van der Waals surface area contributed by atoms with Crippen molar-refractivity contribution >= 4 is 41.0 Å². The van der Waals surface area contributed by atoms with E-state index in [0.717, 1.165) is 22.9 Å². The van der Waals surface area contributed by atoms with E-state index in [1.165, 1.54) is 10.6 Å². The van der Waals surface area contributed by atoms with Crippen LogP contribution in [0.4, 0.5) is 5.69 Å². The zero-order valence-corrected chi connectivity index (χ0v) is 14.9. The fourth-order valence-electron chi connectivity index (χ4n) is 2.27. The van der Waals surface area contributed by atoms with Gasteiger partial charge in [-0.25, -0.2) is 4.98 Å². The topological polar surface area (TPSA) is 24.9 Å². The Balaban J connectivity index is 2.20. The Morgan fingerprint density at radius 1 is 1.35 bits per heavy atom. The second-order valence-electron chi connectivity index (χ2n) is 4.86. The SMILES string of the molecule is CSc1cc(C)nc(SC)c1N[C@H](C)C1CC=CCS1. The van der Waals surface area contributed by atoms with Gasteiger partial charge in [0, 0.05) is 27.6 Å². The zero-order chi connectivity index (χ0) is 14.5. The van der Waals surface area contributed by atoms with Crippen molar-refractivity contribution in [2.75, 3.05) is 23.6 Å². The highest BCUT2D eigenvalue weighted by Crippen LogP contribution is 2.35. The number of nitrogens with one attached hydrogen (secondary N) is 1. The van der Waals surface area contributed by atoms with E-state index in [1.54, 1.807) is 23.5 Å². The van der Waals surface area contributed by atoms with E-state index in [4.69, 9.17) is 0 Å². The van der Waals surface area contributed by atoms with Crippen LogP contribution in [0.1, 0.15) is 19.0 Å². The van der Waals surface area contributed by atoms with E-state index in [-0.39, 0.29) is 0 Å². The summed E-state index contributed by atoms with van der Waals surface area (Å²) < 4.78 is 0. The first-order chi connectivity index (χ1) is 9.65. The number of aromatic nitrogens is 1. The predicted molar refractivity (Wildman–Crippen MR) is 95.6 cm³/mol. The van der Waals surface area contributed by atoms with Crippen LogP contribution in [-0.2, 0) is 0 Å². The molecule has 1 unspecified atom stereocenters. The van der Waals surface area contributed by atoms with Crippen molar-refractivity contribution in [3.05, 3.63) is 23.9 Å². The van der Waals surface area contributed by atoms with Crippen LogP contribution in [0.3, 0.4) is 0 Å². The first-order valence-corrected chi connectivity index (χ1v) is 10.3. The summed E-state index contributed by atoms with van der Waals surface area (Å²) in [5, 5.41) is 5.47. The summed E-state index contributed by atoms with van der Waals surface area (Å²) in [4.78, 5) is 5.96. The van der Waals surface area contributed by atoms with Gasteiger partial charge in [-0.15, -0.1) is 23.5 Å². The molecule has 0 spiro atoms. The molecule has 0 aromatic carbocycles.